The fourth-order valence-electron chi connectivity index (χ4n) is 5.03. The molecule has 1 radical (unpaired) electrons. The lowest BCUT2D eigenvalue weighted by atomic mass is 9.84. The number of hydrogen-bond acceptors (Lipinski definition) is 7. The highest BCUT2D eigenvalue weighted by molar-refractivity contribution is 6.70. The van der Waals surface area contributed by atoms with Crippen LogP contribution < -0.4 is 10.1 Å². The Kier molecular flexibility index (Phi) is 6.04. The molecule has 1 aliphatic heterocycles. The van der Waals surface area contributed by atoms with E-state index in [0.717, 1.165) is 45.4 Å². The van der Waals surface area contributed by atoms with Gasteiger partial charge >= 0.3 is 7.41 Å². The molecule has 1 aromatic heterocycles. The first-order valence-electron chi connectivity index (χ1n) is 12.0. The van der Waals surface area contributed by atoms with Crippen LogP contribution >= 0.6 is 0 Å². The molecule has 0 saturated carbocycles. The van der Waals surface area contributed by atoms with Crippen molar-refractivity contribution in [1.29, 1.82) is 5.26 Å². The summed E-state index contributed by atoms with van der Waals surface area (Å²) in [5, 5.41) is 13.2. The van der Waals surface area contributed by atoms with Gasteiger partial charge in [0.2, 0.25) is 11.9 Å². The summed E-state index contributed by atoms with van der Waals surface area (Å²) in [5.74, 6) is 0.446. The van der Waals surface area contributed by atoms with E-state index in [1.807, 2.05) is 47.3 Å². The van der Waals surface area contributed by atoms with Crippen LogP contribution in [-0.2, 0) is 21.4 Å². The number of anilines is 3. The van der Waals surface area contributed by atoms with Crippen molar-refractivity contribution >= 4 is 42.9 Å². The zero-order valence-electron chi connectivity index (χ0n) is 21.2. The molecule has 9 heteroatoms. The zero-order valence-corrected chi connectivity index (χ0v) is 21.2. The summed E-state index contributed by atoms with van der Waals surface area (Å²) in [6, 6.07) is 13.9. The minimum Gasteiger partial charge on any atom is -0.410 e. The molecule has 5 rings (SSSR count). The van der Waals surface area contributed by atoms with Gasteiger partial charge in [-0.3, -0.25) is 4.79 Å². The Morgan fingerprint density at radius 2 is 2.05 bits per heavy atom. The van der Waals surface area contributed by atoms with Gasteiger partial charge in [0.25, 0.3) is 0 Å². The Bertz CT molecular complexity index is 1500. The van der Waals surface area contributed by atoms with Crippen molar-refractivity contribution in [3.8, 4) is 17.3 Å². The van der Waals surface area contributed by atoms with E-state index in [2.05, 4.69) is 30.2 Å². The third-order valence-electron chi connectivity index (χ3n) is 6.80. The smallest absolute Gasteiger partial charge is 0.329 e. The number of nitriles is 1. The standard InChI is InChI=1S/C28H26BN6O2/c1-28(2)15-35(29-16-36)25-21(14-30)11-19(13-23(25)28)24-7-8-31-27(33-24)32-22-6-5-17-9-20(10-18(17)12-22)26(37)34(3)4/h5-8,10-13,16H,9,15H2,1-4H3,(H,31,32,33). The Hall–Kier alpha value is -4.45. The van der Waals surface area contributed by atoms with Crippen molar-refractivity contribution in [1.82, 2.24) is 14.9 Å². The van der Waals surface area contributed by atoms with Gasteiger partial charge < -0.3 is 19.8 Å². The van der Waals surface area contributed by atoms with Gasteiger partial charge in [-0.1, -0.05) is 19.9 Å². The summed E-state index contributed by atoms with van der Waals surface area (Å²) in [6.45, 7) is 4.81. The summed E-state index contributed by atoms with van der Waals surface area (Å²) in [5.41, 5.74) is 7.23. The molecule has 8 nitrogen and oxygen atoms in total. The van der Waals surface area contributed by atoms with Crippen LogP contribution in [0.5, 0.6) is 0 Å². The molecule has 1 amide bonds. The maximum Gasteiger partial charge on any atom is 0.329 e. The maximum atomic E-state index is 12.4. The second-order valence-electron chi connectivity index (χ2n) is 10.2. The molecular formula is C28H26BN6O2. The molecule has 0 spiro atoms. The second-order valence-corrected chi connectivity index (χ2v) is 10.2. The van der Waals surface area contributed by atoms with E-state index in [9.17, 15) is 14.9 Å². The Morgan fingerprint density at radius 1 is 1.24 bits per heavy atom. The first-order valence-corrected chi connectivity index (χ1v) is 12.0. The van der Waals surface area contributed by atoms with Crippen molar-refractivity contribution < 1.29 is 9.59 Å². The lowest BCUT2D eigenvalue weighted by Gasteiger charge is -2.20. The predicted molar refractivity (Wildman–Crippen MR) is 145 cm³/mol. The molecule has 37 heavy (non-hydrogen) atoms. The SMILES string of the molecule is CN(C)C(=O)C1=Cc2cc(Nc3nccc(-c4cc(C#N)c5c(c4)C(C)(C)CN5[B]C=O)n3)ccc2C1. The van der Waals surface area contributed by atoms with Crippen LogP contribution in [0.1, 0.15) is 36.1 Å². The monoisotopic (exact) mass is 489 g/mol. The number of carbonyl (C=O) groups is 2. The highest BCUT2D eigenvalue weighted by Gasteiger charge is 2.37. The predicted octanol–water partition coefficient (Wildman–Crippen LogP) is 3.69. The number of rotatable bonds is 6. The van der Waals surface area contributed by atoms with Gasteiger partial charge in [0.1, 0.15) is 12.3 Å². The van der Waals surface area contributed by atoms with E-state index in [4.69, 9.17) is 4.98 Å². The summed E-state index contributed by atoms with van der Waals surface area (Å²) < 4.78 is 0. The van der Waals surface area contributed by atoms with Crippen LogP contribution in [0.15, 0.2) is 48.2 Å². The van der Waals surface area contributed by atoms with Gasteiger partial charge in [0.15, 0.2) is 0 Å². The van der Waals surface area contributed by atoms with E-state index in [0.29, 0.717) is 30.2 Å². The molecular weight excluding hydrogens is 463 g/mol. The van der Waals surface area contributed by atoms with Crippen molar-refractivity contribution in [2.75, 3.05) is 30.8 Å². The number of fused-ring (bicyclic) bond motifs is 2. The number of amides is 1. The quantitative estimate of drug-likeness (QED) is 0.416. The number of carbonyl (C=O) groups excluding carboxylic acids is 2. The Balaban J connectivity index is 1.45. The summed E-state index contributed by atoms with van der Waals surface area (Å²) in [7, 11) is 4.99. The topological polar surface area (TPSA) is 102 Å². The van der Waals surface area contributed by atoms with Gasteiger partial charge in [-0.05, 0) is 53.1 Å². The lowest BCUT2D eigenvalue weighted by molar-refractivity contribution is -0.124. The molecule has 0 atom stereocenters. The van der Waals surface area contributed by atoms with Crippen molar-refractivity contribution in [2.45, 2.75) is 25.7 Å². The van der Waals surface area contributed by atoms with Gasteiger partial charge in [-0.2, -0.15) is 5.26 Å². The van der Waals surface area contributed by atoms with Gasteiger partial charge in [0.05, 0.1) is 11.3 Å². The number of aromatic nitrogens is 2. The molecule has 1 aliphatic carbocycles. The zero-order chi connectivity index (χ0) is 26.3. The molecule has 0 fully saturated rings. The molecule has 2 heterocycles. The van der Waals surface area contributed by atoms with Crippen molar-refractivity contribution in [3.05, 3.63) is 70.4 Å². The molecule has 3 aromatic rings. The third kappa shape index (κ3) is 4.47. The molecule has 2 aromatic carbocycles. The Morgan fingerprint density at radius 3 is 2.78 bits per heavy atom. The van der Waals surface area contributed by atoms with Crippen molar-refractivity contribution in [2.24, 2.45) is 0 Å². The summed E-state index contributed by atoms with van der Waals surface area (Å²) >= 11 is 0. The fraction of sp³-hybridized carbons (Fsp3) is 0.250. The van der Waals surface area contributed by atoms with E-state index in [-0.39, 0.29) is 11.3 Å². The first-order chi connectivity index (χ1) is 17.7. The highest BCUT2D eigenvalue weighted by Crippen LogP contribution is 2.44. The maximum absolute atomic E-state index is 12.4. The molecule has 0 unspecified atom stereocenters. The number of nitrogens with zero attached hydrogens (tertiary/aromatic N) is 5. The Labute approximate surface area is 216 Å². The number of benzene rings is 2. The highest BCUT2D eigenvalue weighted by atomic mass is 16.2. The minimum absolute atomic E-state index is 0.0168. The van der Waals surface area contributed by atoms with Crippen LogP contribution in [0.25, 0.3) is 17.3 Å². The average Bonchev–Trinajstić information content (AvgIpc) is 3.41. The van der Waals surface area contributed by atoms with E-state index in [1.165, 1.54) is 7.41 Å². The number of hydrogen-bond donors (Lipinski definition) is 1. The van der Waals surface area contributed by atoms with E-state index in [1.54, 1.807) is 25.2 Å². The van der Waals surface area contributed by atoms with E-state index < -0.39 is 0 Å². The van der Waals surface area contributed by atoms with Crippen molar-refractivity contribution in [3.63, 3.8) is 0 Å². The molecule has 0 bridgehead atoms. The minimum atomic E-state index is -0.241. The molecule has 2 aliphatic rings. The number of likely N-dealkylation sites (N-methyl/N-ethyl adjacent to an activating group) is 1. The van der Waals surface area contributed by atoms with Crippen LogP contribution in [0, 0.1) is 11.3 Å². The van der Waals surface area contributed by atoms with Gasteiger partial charge in [-0.15, -0.1) is 0 Å². The molecule has 0 saturated heterocycles. The van der Waals surface area contributed by atoms with Crippen LogP contribution in [0.3, 0.4) is 0 Å². The third-order valence-corrected chi connectivity index (χ3v) is 6.80. The van der Waals surface area contributed by atoms with Crippen LogP contribution in [0.2, 0.25) is 0 Å². The largest absolute Gasteiger partial charge is 0.410 e. The lowest BCUT2D eigenvalue weighted by Crippen LogP contribution is -2.32. The van der Waals surface area contributed by atoms with Gasteiger partial charge in [-0.25, -0.2) is 9.97 Å². The van der Waals surface area contributed by atoms with Crippen LogP contribution in [0.4, 0.5) is 17.3 Å². The fourth-order valence-corrected chi connectivity index (χ4v) is 5.03. The van der Waals surface area contributed by atoms with Crippen LogP contribution in [-0.4, -0.2) is 55.0 Å². The average molecular weight is 489 g/mol. The first kappa shape index (κ1) is 24.3. The second kappa shape index (κ2) is 9.21. The normalized spacial score (nSPS) is 14.8. The molecule has 1 N–H and O–H groups in total. The summed E-state index contributed by atoms with van der Waals surface area (Å²) in [4.78, 5) is 36.1. The van der Waals surface area contributed by atoms with E-state index >= 15 is 0 Å². The molecule has 183 valence electrons. The number of nitrogens with one attached hydrogen (secondary N) is 1. The summed E-state index contributed by atoms with van der Waals surface area (Å²) in [6.07, 6.45) is 4.98. The van der Waals surface area contributed by atoms with Gasteiger partial charge in [0, 0.05) is 61.2 Å².